The quantitative estimate of drug-likeness (QED) is 0.120. The molecule has 0 atom stereocenters. The Bertz CT molecular complexity index is 3690. The zero-order valence-corrected chi connectivity index (χ0v) is 41.2. The smallest absolute Gasteiger partial charge is 0.204 e. The highest BCUT2D eigenvalue weighted by Gasteiger charge is 2.53. The van der Waals surface area contributed by atoms with Gasteiger partial charge in [0.05, 0.1) is 23.6 Å². The molecule has 0 spiro atoms. The number of hydrogen-bond acceptors (Lipinski definition) is 1. The second-order valence-electron chi connectivity index (χ2n) is 20.8. The van der Waals surface area contributed by atoms with Crippen LogP contribution in [0.2, 0.25) is 0 Å². The summed E-state index contributed by atoms with van der Waals surface area (Å²) < 4.78 is 4.38. The fourth-order valence-corrected chi connectivity index (χ4v) is 13.2. The first kappa shape index (κ1) is 42.2. The van der Waals surface area contributed by atoms with Crippen molar-refractivity contribution in [2.75, 3.05) is 0 Å². The van der Waals surface area contributed by atoms with Crippen LogP contribution in [0.15, 0.2) is 188 Å². The van der Waals surface area contributed by atoms with Crippen molar-refractivity contribution in [3.63, 3.8) is 0 Å². The molecule has 3 heteroatoms. The average Bonchev–Trinajstić information content (AvgIpc) is 4.07. The molecule has 70 heavy (non-hydrogen) atoms. The molecule has 0 aliphatic heterocycles. The summed E-state index contributed by atoms with van der Waals surface area (Å²) in [6.45, 7) is 15.5. The van der Waals surface area contributed by atoms with Crippen LogP contribution in [0.4, 0.5) is 0 Å². The number of pyridine rings is 1. The summed E-state index contributed by atoms with van der Waals surface area (Å²) in [7, 11) is 2.07. The monoisotopic (exact) mass is 901 g/mol. The van der Waals surface area contributed by atoms with E-state index in [-0.39, 0.29) is 0 Å². The summed E-state index contributed by atoms with van der Waals surface area (Å²) >= 11 is 0. The van der Waals surface area contributed by atoms with Gasteiger partial charge in [-0.15, -0.1) is 0 Å². The third-order valence-electron chi connectivity index (χ3n) is 16.1. The molecule has 10 aromatic rings. The van der Waals surface area contributed by atoms with E-state index >= 15 is 0 Å². The second-order valence-corrected chi connectivity index (χ2v) is 20.8. The van der Waals surface area contributed by atoms with Crippen LogP contribution in [-0.4, -0.2) is 9.55 Å². The molecule has 0 amide bonds. The van der Waals surface area contributed by atoms with Crippen LogP contribution >= 0.6 is 0 Å². The molecule has 0 saturated heterocycles. The van der Waals surface area contributed by atoms with Crippen LogP contribution in [0.1, 0.15) is 100 Å². The molecule has 0 saturated carbocycles. The van der Waals surface area contributed by atoms with Crippen molar-refractivity contribution < 1.29 is 4.57 Å². The van der Waals surface area contributed by atoms with Gasteiger partial charge in [0.2, 0.25) is 6.33 Å². The van der Waals surface area contributed by atoms with Crippen LogP contribution in [0, 0.1) is 54.8 Å². The minimum atomic E-state index is -0.707. The third kappa shape index (κ3) is 5.63. The maximum Gasteiger partial charge on any atom is 0.204 e. The van der Waals surface area contributed by atoms with Crippen molar-refractivity contribution >= 4 is 0 Å². The number of aromatic nitrogens is 3. The van der Waals surface area contributed by atoms with Crippen molar-refractivity contribution in [2.45, 2.75) is 64.8 Å². The van der Waals surface area contributed by atoms with Crippen molar-refractivity contribution in [1.29, 1.82) is 0 Å². The largest absolute Gasteiger partial charge is 0.354 e. The molecular weight excluding hydrogens is 847 g/mol. The molecule has 13 rings (SSSR count). The number of aryl methyl sites for hydroxylation is 8. The van der Waals surface area contributed by atoms with E-state index in [0.717, 1.165) is 5.69 Å². The van der Waals surface area contributed by atoms with Gasteiger partial charge in [-0.25, -0.2) is 0 Å². The van der Waals surface area contributed by atoms with Gasteiger partial charge < -0.3 is 9.13 Å². The van der Waals surface area contributed by atoms with Gasteiger partial charge in [0.1, 0.15) is 0 Å². The van der Waals surface area contributed by atoms with Gasteiger partial charge in [0, 0.05) is 22.9 Å². The normalized spacial score (nSPS) is 14.9. The lowest BCUT2D eigenvalue weighted by Crippen LogP contribution is -2.38. The van der Waals surface area contributed by atoms with E-state index < -0.39 is 16.4 Å². The molecule has 3 aliphatic carbocycles. The zero-order chi connectivity index (χ0) is 47.8. The summed E-state index contributed by atoms with van der Waals surface area (Å²) in [6.07, 6.45) is 10.1. The number of fused-ring (bicyclic) bond motifs is 9. The second kappa shape index (κ2) is 15.1. The highest BCUT2D eigenvalue weighted by Crippen LogP contribution is 2.61. The molecule has 2 aromatic heterocycles. The fourth-order valence-electron chi connectivity index (χ4n) is 13.2. The maximum absolute atomic E-state index is 5.34. The molecule has 0 radical (unpaired) electrons. The highest BCUT2D eigenvalue weighted by atomic mass is 15.2. The molecular formula is C67H55N3. The van der Waals surface area contributed by atoms with Gasteiger partial charge in [-0.05, 0) is 157 Å². The molecule has 0 fully saturated rings. The van der Waals surface area contributed by atoms with Gasteiger partial charge >= 0.3 is 0 Å². The van der Waals surface area contributed by atoms with E-state index in [4.69, 9.17) is 4.98 Å². The molecule has 0 bridgehead atoms. The standard InChI is InChI=1S/C67H55N3/c1-41-15-21-58-52(31-41)53-32-42(2)16-22-59(53)65(58,49-12-10-14-51(39-49)67(70-30-29-69(8)40-70)62-25-19-45(5)35-56(62)57-36-46(6)20-26-63(57)67)48-11-9-13-50(38-48)66(64-37-47(7)27-28-68-64)60-23-17-43(3)33-54(60)55-34-44(4)18-24-61(55)66/h9-39H,1-8H3. The van der Waals surface area contributed by atoms with Gasteiger partial charge in [-0.1, -0.05) is 185 Å². The summed E-state index contributed by atoms with van der Waals surface area (Å²) in [5.74, 6) is 0. The Balaban J connectivity index is 1.15. The lowest BCUT2D eigenvalue weighted by Gasteiger charge is -2.38. The topological polar surface area (TPSA) is 21.7 Å². The van der Waals surface area contributed by atoms with Gasteiger partial charge in [-0.3, -0.25) is 4.98 Å². The first-order valence-electron chi connectivity index (χ1n) is 24.7. The van der Waals surface area contributed by atoms with Crippen LogP contribution < -0.4 is 4.57 Å². The van der Waals surface area contributed by atoms with Crippen molar-refractivity contribution in [1.82, 2.24) is 9.55 Å². The number of nitrogens with zero attached hydrogens (tertiary/aromatic N) is 3. The van der Waals surface area contributed by atoms with Crippen molar-refractivity contribution in [3.8, 4) is 33.4 Å². The SMILES string of the molecule is Cc1ccnc(C2(c3cccc(C4(c5cccc(C6(n7[c-][n+](C)cc7)c7ccc(C)cc7-c7cc(C)ccc76)c5)c5ccc(C)cc5-c5cc(C)ccc54)c3)c3ccc(C)cc3-c3cc(C)ccc32)c1. The van der Waals surface area contributed by atoms with E-state index in [1.165, 1.54) is 128 Å². The highest BCUT2D eigenvalue weighted by molar-refractivity contribution is 5.90. The maximum atomic E-state index is 5.34. The predicted octanol–water partition coefficient (Wildman–Crippen LogP) is 14.2. The summed E-state index contributed by atoms with van der Waals surface area (Å²) in [4.78, 5) is 5.34. The molecule has 3 nitrogen and oxygen atoms in total. The minimum Gasteiger partial charge on any atom is -0.354 e. The summed E-state index contributed by atoms with van der Waals surface area (Å²) in [6, 6.07) is 66.1. The Morgan fingerprint density at radius 2 is 0.743 bits per heavy atom. The van der Waals surface area contributed by atoms with Gasteiger partial charge in [0.25, 0.3) is 0 Å². The molecule has 338 valence electrons. The Labute approximate surface area is 412 Å². The Kier molecular flexibility index (Phi) is 9.09. The third-order valence-corrected chi connectivity index (χ3v) is 16.1. The van der Waals surface area contributed by atoms with Crippen LogP contribution in [-0.2, 0) is 23.4 Å². The summed E-state index contributed by atoms with van der Waals surface area (Å²) in [5, 5.41) is 0. The van der Waals surface area contributed by atoms with Gasteiger partial charge in [0.15, 0.2) is 5.54 Å². The number of hydrogen-bond donors (Lipinski definition) is 0. The summed E-state index contributed by atoms with van der Waals surface area (Å²) in [5.41, 5.74) is 27.8. The molecule has 0 N–H and O–H groups in total. The molecule has 8 aromatic carbocycles. The Hall–Kier alpha value is -7.88. The number of rotatable bonds is 6. The number of benzene rings is 8. The first-order valence-corrected chi connectivity index (χ1v) is 24.7. The van der Waals surface area contributed by atoms with Crippen molar-refractivity contribution in [2.24, 2.45) is 7.05 Å². The molecule has 2 heterocycles. The van der Waals surface area contributed by atoms with Crippen molar-refractivity contribution in [3.05, 3.63) is 295 Å². The first-order chi connectivity index (χ1) is 33.9. The lowest BCUT2D eigenvalue weighted by molar-refractivity contribution is -0.675. The number of imidazole rings is 1. The van der Waals surface area contributed by atoms with E-state index in [0.29, 0.717) is 0 Å². The van der Waals surface area contributed by atoms with E-state index in [2.05, 4.69) is 249 Å². The predicted molar refractivity (Wildman–Crippen MR) is 284 cm³/mol. The van der Waals surface area contributed by atoms with Crippen LogP contribution in [0.25, 0.3) is 33.4 Å². The van der Waals surface area contributed by atoms with E-state index in [1.54, 1.807) is 0 Å². The zero-order valence-electron chi connectivity index (χ0n) is 41.2. The Morgan fingerprint density at radius 3 is 1.16 bits per heavy atom. The molecule has 3 aliphatic rings. The molecule has 0 unspecified atom stereocenters. The van der Waals surface area contributed by atoms with Gasteiger partial charge in [-0.2, -0.15) is 0 Å². The van der Waals surface area contributed by atoms with E-state index in [1.807, 2.05) is 10.8 Å². The van der Waals surface area contributed by atoms with Crippen LogP contribution in [0.5, 0.6) is 0 Å². The minimum absolute atomic E-state index is 0.681. The lowest BCUT2D eigenvalue weighted by atomic mass is 9.64. The Morgan fingerprint density at radius 1 is 0.386 bits per heavy atom. The fraction of sp³-hybridized carbons (Fsp3) is 0.164. The van der Waals surface area contributed by atoms with E-state index in [9.17, 15) is 0 Å². The van der Waals surface area contributed by atoms with Crippen LogP contribution in [0.3, 0.4) is 0 Å². The average molecular weight is 902 g/mol.